The molecule has 1 amide bonds. The van der Waals surface area contributed by atoms with Crippen molar-refractivity contribution in [3.63, 3.8) is 0 Å². The monoisotopic (exact) mass is 420 g/mol. The van der Waals surface area contributed by atoms with Crippen LogP contribution in [0.15, 0.2) is 64.3 Å². The van der Waals surface area contributed by atoms with Crippen LogP contribution in [-0.4, -0.2) is 37.6 Å². The third-order valence-electron chi connectivity index (χ3n) is 5.27. The smallest absolute Gasteiger partial charge is 0.329 e. The highest BCUT2D eigenvalue weighted by Crippen LogP contribution is 2.22. The van der Waals surface area contributed by atoms with E-state index in [1.54, 1.807) is 30.5 Å². The van der Waals surface area contributed by atoms with Gasteiger partial charge >= 0.3 is 11.7 Å². The number of rotatable bonds is 6. The molecule has 4 rings (SSSR count). The van der Waals surface area contributed by atoms with Crippen LogP contribution < -0.4 is 16.6 Å². The van der Waals surface area contributed by atoms with Crippen LogP contribution in [0.5, 0.6) is 0 Å². The van der Waals surface area contributed by atoms with Crippen LogP contribution in [0, 0.1) is 0 Å². The lowest BCUT2D eigenvalue weighted by molar-refractivity contribution is -0.141. The van der Waals surface area contributed by atoms with Crippen molar-refractivity contribution < 1.29 is 14.7 Å². The van der Waals surface area contributed by atoms with E-state index in [2.05, 4.69) is 15.3 Å². The highest BCUT2D eigenvalue weighted by Gasteiger charge is 2.28. The van der Waals surface area contributed by atoms with Gasteiger partial charge in [-0.2, -0.15) is 0 Å². The zero-order valence-corrected chi connectivity index (χ0v) is 16.6. The molecular formula is C22H20N4O5. The molecule has 0 bridgehead atoms. The number of carboxylic acids is 1. The fourth-order valence-corrected chi connectivity index (χ4v) is 3.64. The summed E-state index contributed by atoms with van der Waals surface area (Å²) in [5, 5.41) is 12.7. The number of nitrogens with one attached hydrogen (secondary N) is 3. The SMILES string of the molecule is C[C@@H](NC(=O)[C@@H](Cc1c[nH]c2ccccc12)n1c(=O)[nH]c2ccccc2c1=O)C(=O)O. The molecule has 0 aliphatic carbocycles. The lowest BCUT2D eigenvalue weighted by Crippen LogP contribution is -2.48. The van der Waals surface area contributed by atoms with Crippen molar-refractivity contribution >= 4 is 33.7 Å². The molecule has 0 aliphatic heterocycles. The predicted molar refractivity (Wildman–Crippen MR) is 115 cm³/mol. The number of fused-ring (bicyclic) bond motifs is 2. The number of aromatic nitrogens is 3. The number of para-hydroxylation sites is 2. The van der Waals surface area contributed by atoms with Gasteiger partial charge in [0.1, 0.15) is 12.1 Å². The number of carbonyl (C=O) groups is 2. The Balaban J connectivity index is 1.86. The van der Waals surface area contributed by atoms with Crippen molar-refractivity contribution in [3.8, 4) is 0 Å². The molecule has 9 heteroatoms. The Hall–Kier alpha value is -4.14. The number of hydrogen-bond acceptors (Lipinski definition) is 4. The Kier molecular flexibility index (Phi) is 5.16. The highest BCUT2D eigenvalue weighted by atomic mass is 16.4. The minimum atomic E-state index is -1.25. The standard InChI is InChI=1S/C22H20N4O5/c1-12(21(29)30)24-19(27)18(10-13-11-23-16-8-4-2-6-14(13)16)26-20(28)15-7-3-5-9-17(15)25-22(26)31/h2-9,11-12,18,23H,10H2,1H3,(H,24,27)(H,25,31)(H,29,30)/t12-,18-/m1/s1. The number of aliphatic carboxylic acids is 1. The quantitative estimate of drug-likeness (QED) is 0.375. The van der Waals surface area contributed by atoms with Crippen LogP contribution in [-0.2, 0) is 16.0 Å². The van der Waals surface area contributed by atoms with Crippen LogP contribution >= 0.6 is 0 Å². The Morgan fingerprint density at radius 1 is 1.03 bits per heavy atom. The van der Waals surface area contributed by atoms with Gasteiger partial charge in [0.25, 0.3) is 5.56 Å². The van der Waals surface area contributed by atoms with E-state index < -0.39 is 35.2 Å². The highest BCUT2D eigenvalue weighted by molar-refractivity contribution is 5.88. The first-order valence-electron chi connectivity index (χ1n) is 9.68. The molecule has 2 atom stereocenters. The number of hydrogen-bond donors (Lipinski definition) is 4. The summed E-state index contributed by atoms with van der Waals surface area (Å²) >= 11 is 0. The third kappa shape index (κ3) is 3.73. The van der Waals surface area contributed by atoms with E-state index in [1.165, 1.54) is 6.92 Å². The molecule has 0 spiro atoms. The summed E-state index contributed by atoms with van der Waals surface area (Å²) < 4.78 is 0.855. The summed E-state index contributed by atoms with van der Waals surface area (Å²) in [7, 11) is 0. The molecule has 31 heavy (non-hydrogen) atoms. The van der Waals surface area contributed by atoms with Crippen LogP contribution in [0.3, 0.4) is 0 Å². The number of H-pyrrole nitrogens is 2. The molecule has 4 aromatic rings. The van der Waals surface area contributed by atoms with Crippen LogP contribution in [0.25, 0.3) is 21.8 Å². The molecule has 158 valence electrons. The van der Waals surface area contributed by atoms with Crippen molar-refractivity contribution in [1.29, 1.82) is 0 Å². The van der Waals surface area contributed by atoms with Gasteiger partial charge in [-0.25, -0.2) is 9.36 Å². The van der Waals surface area contributed by atoms with E-state index in [1.807, 2.05) is 24.3 Å². The number of nitrogens with zero attached hydrogens (tertiary/aromatic N) is 1. The summed E-state index contributed by atoms with van der Waals surface area (Å²) in [5.74, 6) is -1.96. The normalized spacial score (nSPS) is 13.2. The maximum atomic E-state index is 13.1. The maximum Gasteiger partial charge on any atom is 0.329 e. The topological polar surface area (TPSA) is 137 Å². The third-order valence-corrected chi connectivity index (χ3v) is 5.27. The van der Waals surface area contributed by atoms with E-state index >= 15 is 0 Å². The molecule has 2 heterocycles. The van der Waals surface area contributed by atoms with Gasteiger partial charge in [0, 0.05) is 23.5 Å². The summed E-state index contributed by atoms with van der Waals surface area (Å²) in [4.78, 5) is 56.0. The molecular weight excluding hydrogens is 400 g/mol. The molecule has 0 aliphatic rings. The second kappa shape index (κ2) is 7.94. The predicted octanol–water partition coefficient (Wildman–Crippen LogP) is 1.54. The second-order valence-corrected chi connectivity index (χ2v) is 7.30. The first kappa shape index (κ1) is 20.1. The fraction of sp³-hybridized carbons (Fsp3) is 0.182. The molecule has 0 unspecified atom stereocenters. The van der Waals surface area contributed by atoms with Crippen molar-refractivity contribution in [2.75, 3.05) is 0 Å². The Labute approximate surface area is 175 Å². The van der Waals surface area contributed by atoms with E-state index in [4.69, 9.17) is 0 Å². The van der Waals surface area contributed by atoms with Crippen molar-refractivity contribution in [2.45, 2.75) is 25.4 Å². The number of amides is 1. The average Bonchev–Trinajstić information content (AvgIpc) is 3.15. The van der Waals surface area contributed by atoms with Gasteiger partial charge in [0.2, 0.25) is 5.91 Å². The Morgan fingerprint density at radius 3 is 2.39 bits per heavy atom. The lowest BCUT2D eigenvalue weighted by Gasteiger charge is -2.20. The van der Waals surface area contributed by atoms with Gasteiger partial charge in [-0.3, -0.25) is 14.4 Å². The van der Waals surface area contributed by atoms with Gasteiger partial charge < -0.3 is 20.4 Å². The molecule has 0 radical (unpaired) electrons. The van der Waals surface area contributed by atoms with E-state index in [0.717, 1.165) is 21.0 Å². The van der Waals surface area contributed by atoms with E-state index in [9.17, 15) is 24.3 Å². The van der Waals surface area contributed by atoms with Crippen molar-refractivity contribution in [3.05, 3.63) is 81.1 Å². The molecule has 4 N–H and O–H groups in total. The van der Waals surface area contributed by atoms with Gasteiger partial charge in [-0.15, -0.1) is 0 Å². The zero-order chi connectivity index (χ0) is 22.1. The molecule has 2 aromatic heterocycles. The largest absolute Gasteiger partial charge is 0.480 e. The summed E-state index contributed by atoms with van der Waals surface area (Å²) in [5.41, 5.74) is 0.557. The number of benzene rings is 2. The summed E-state index contributed by atoms with van der Waals surface area (Å²) in [6.45, 7) is 1.32. The minimum Gasteiger partial charge on any atom is -0.480 e. The number of aromatic amines is 2. The first-order chi connectivity index (χ1) is 14.9. The van der Waals surface area contributed by atoms with E-state index in [0.29, 0.717) is 5.52 Å². The molecule has 9 nitrogen and oxygen atoms in total. The number of carboxylic acid groups (broad SMARTS) is 1. The second-order valence-electron chi connectivity index (χ2n) is 7.30. The van der Waals surface area contributed by atoms with Crippen LogP contribution in [0.1, 0.15) is 18.5 Å². The number of carbonyl (C=O) groups excluding carboxylic acids is 1. The zero-order valence-electron chi connectivity index (χ0n) is 16.6. The summed E-state index contributed by atoms with van der Waals surface area (Å²) in [6.07, 6.45) is 1.73. The molecule has 0 saturated carbocycles. The van der Waals surface area contributed by atoms with Gasteiger partial charge in [0.15, 0.2) is 0 Å². The van der Waals surface area contributed by atoms with E-state index in [-0.39, 0.29) is 11.8 Å². The molecule has 0 fully saturated rings. The van der Waals surface area contributed by atoms with Gasteiger partial charge in [0.05, 0.1) is 10.9 Å². The Bertz CT molecular complexity index is 1410. The van der Waals surface area contributed by atoms with Crippen LogP contribution in [0.4, 0.5) is 0 Å². The van der Waals surface area contributed by atoms with Crippen molar-refractivity contribution in [1.82, 2.24) is 19.9 Å². The molecule has 0 saturated heterocycles. The van der Waals surface area contributed by atoms with Gasteiger partial charge in [-0.05, 0) is 30.7 Å². The fourth-order valence-electron chi connectivity index (χ4n) is 3.64. The Morgan fingerprint density at radius 2 is 1.68 bits per heavy atom. The maximum absolute atomic E-state index is 13.1. The molecule has 2 aromatic carbocycles. The van der Waals surface area contributed by atoms with Gasteiger partial charge in [-0.1, -0.05) is 30.3 Å². The summed E-state index contributed by atoms with van der Waals surface area (Å²) in [6, 6.07) is 11.5. The minimum absolute atomic E-state index is 0.0174. The first-order valence-corrected chi connectivity index (χ1v) is 9.68. The average molecular weight is 420 g/mol. The lowest BCUT2D eigenvalue weighted by atomic mass is 10.0. The van der Waals surface area contributed by atoms with Crippen LogP contribution in [0.2, 0.25) is 0 Å². The van der Waals surface area contributed by atoms with Crippen molar-refractivity contribution in [2.24, 2.45) is 0 Å².